The number of hydrogen-bond acceptors (Lipinski definition) is 2. The van der Waals surface area contributed by atoms with E-state index in [2.05, 4.69) is 20.8 Å². The van der Waals surface area contributed by atoms with Crippen molar-refractivity contribution in [2.75, 3.05) is 4.90 Å². The van der Waals surface area contributed by atoms with Gasteiger partial charge in [-0.2, -0.15) is 0 Å². The van der Waals surface area contributed by atoms with Crippen LogP contribution in [0.15, 0.2) is 18.2 Å². The normalized spacial score (nSPS) is 19.3. The monoisotopic (exact) mass is 233 g/mol. The summed E-state index contributed by atoms with van der Waals surface area (Å²) in [5.41, 5.74) is 3.25. The number of aliphatic carboxylic acids is 1. The van der Waals surface area contributed by atoms with Crippen LogP contribution in [0.5, 0.6) is 0 Å². The third-order valence-corrected chi connectivity index (χ3v) is 3.36. The standard InChI is InChI=1S/C14H19NO2/c1-9-6-5-7-11-10(9)8-12(13(16)17)15(11)14(2,3)4/h5-7,12H,8H2,1-4H3,(H,16,17). The van der Waals surface area contributed by atoms with Crippen LogP contribution in [0.1, 0.15) is 31.9 Å². The van der Waals surface area contributed by atoms with E-state index in [9.17, 15) is 9.90 Å². The molecule has 1 N–H and O–H groups in total. The maximum atomic E-state index is 11.4. The Balaban J connectivity index is 2.55. The maximum Gasteiger partial charge on any atom is 0.326 e. The van der Waals surface area contributed by atoms with Crippen LogP contribution >= 0.6 is 0 Å². The van der Waals surface area contributed by atoms with E-state index in [4.69, 9.17) is 0 Å². The van der Waals surface area contributed by atoms with E-state index < -0.39 is 12.0 Å². The summed E-state index contributed by atoms with van der Waals surface area (Å²) in [6.07, 6.45) is 0.606. The van der Waals surface area contributed by atoms with E-state index in [0.717, 1.165) is 5.69 Å². The third kappa shape index (κ3) is 1.90. The van der Waals surface area contributed by atoms with Crippen LogP contribution in [0.4, 0.5) is 5.69 Å². The fourth-order valence-corrected chi connectivity index (χ4v) is 2.66. The Morgan fingerprint density at radius 1 is 1.41 bits per heavy atom. The Kier molecular flexibility index (Phi) is 2.64. The quantitative estimate of drug-likeness (QED) is 0.810. The van der Waals surface area contributed by atoms with E-state index in [-0.39, 0.29) is 5.54 Å². The van der Waals surface area contributed by atoms with Gasteiger partial charge in [-0.25, -0.2) is 4.79 Å². The van der Waals surface area contributed by atoms with Gasteiger partial charge < -0.3 is 10.0 Å². The molecule has 1 aliphatic heterocycles. The van der Waals surface area contributed by atoms with Crippen LogP contribution in [0.2, 0.25) is 0 Å². The van der Waals surface area contributed by atoms with Gasteiger partial charge in [-0.3, -0.25) is 0 Å². The molecule has 1 unspecified atom stereocenters. The number of carbonyl (C=O) groups is 1. The lowest BCUT2D eigenvalue weighted by Crippen LogP contribution is -2.49. The van der Waals surface area contributed by atoms with E-state index in [0.29, 0.717) is 6.42 Å². The molecule has 17 heavy (non-hydrogen) atoms. The third-order valence-electron chi connectivity index (χ3n) is 3.36. The zero-order valence-corrected chi connectivity index (χ0v) is 10.8. The number of anilines is 1. The van der Waals surface area contributed by atoms with Gasteiger partial charge >= 0.3 is 5.97 Å². The van der Waals surface area contributed by atoms with Crippen LogP contribution < -0.4 is 4.90 Å². The Morgan fingerprint density at radius 3 is 2.59 bits per heavy atom. The molecular weight excluding hydrogens is 214 g/mol. The second kappa shape index (κ2) is 3.76. The van der Waals surface area contributed by atoms with Crippen molar-refractivity contribution in [2.24, 2.45) is 0 Å². The number of carboxylic acids is 1. The molecule has 0 bridgehead atoms. The number of carboxylic acid groups (broad SMARTS) is 1. The van der Waals surface area contributed by atoms with Crippen LogP contribution in [-0.2, 0) is 11.2 Å². The van der Waals surface area contributed by atoms with E-state index in [1.165, 1.54) is 11.1 Å². The van der Waals surface area contributed by atoms with Crippen molar-refractivity contribution in [3.05, 3.63) is 29.3 Å². The van der Waals surface area contributed by atoms with Gasteiger partial charge in [0.15, 0.2) is 0 Å². The number of hydrogen-bond donors (Lipinski definition) is 1. The lowest BCUT2D eigenvalue weighted by Gasteiger charge is -2.37. The van der Waals surface area contributed by atoms with Gasteiger partial charge in [0.05, 0.1) is 0 Å². The molecule has 1 aromatic rings. The first kappa shape index (κ1) is 12.0. The summed E-state index contributed by atoms with van der Waals surface area (Å²) in [7, 11) is 0. The highest BCUT2D eigenvalue weighted by molar-refractivity contribution is 5.83. The van der Waals surface area contributed by atoms with Gasteiger partial charge in [0.1, 0.15) is 6.04 Å². The van der Waals surface area contributed by atoms with Crippen molar-refractivity contribution in [1.29, 1.82) is 0 Å². The highest BCUT2D eigenvalue weighted by atomic mass is 16.4. The van der Waals surface area contributed by atoms with Gasteiger partial charge in [-0.15, -0.1) is 0 Å². The minimum Gasteiger partial charge on any atom is -0.480 e. The zero-order valence-electron chi connectivity index (χ0n) is 10.8. The highest BCUT2D eigenvalue weighted by Gasteiger charge is 2.40. The zero-order chi connectivity index (χ0) is 12.8. The van der Waals surface area contributed by atoms with Crippen LogP contribution in [-0.4, -0.2) is 22.7 Å². The predicted molar refractivity (Wildman–Crippen MR) is 68.5 cm³/mol. The molecule has 1 aromatic carbocycles. The van der Waals surface area contributed by atoms with E-state index in [1.807, 2.05) is 30.0 Å². The minimum atomic E-state index is -0.740. The summed E-state index contributed by atoms with van der Waals surface area (Å²) in [4.78, 5) is 13.4. The molecule has 0 saturated carbocycles. The lowest BCUT2D eigenvalue weighted by atomic mass is 10.0. The fraction of sp³-hybridized carbons (Fsp3) is 0.500. The number of nitrogens with zero attached hydrogens (tertiary/aromatic N) is 1. The first-order valence-corrected chi connectivity index (χ1v) is 5.93. The maximum absolute atomic E-state index is 11.4. The molecule has 1 aliphatic rings. The molecule has 0 aliphatic carbocycles. The van der Waals surface area contributed by atoms with E-state index >= 15 is 0 Å². The first-order chi connectivity index (χ1) is 7.82. The number of rotatable bonds is 1. The van der Waals surface area contributed by atoms with Crippen LogP contribution in [0.3, 0.4) is 0 Å². The van der Waals surface area contributed by atoms with Crippen molar-refractivity contribution >= 4 is 11.7 Å². The van der Waals surface area contributed by atoms with Crippen LogP contribution in [0.25, 0.3) is 0 Å². The Hall–Kier alpha value is -1.51. The van der Waals surface area contributed by atoms with Crippen molar-refractivity contribution in [1.82, 2.24) is 0 Å². The SMILES string of the molecule is Cc1cccc2c1CC(C(=O)O)N2C(C)(C)C. The first-order valence-electron chi connectivity index (χ1n) is 5.93. The molecule has 1 heterocycles. The molecule has 0 aromatic heterocycles. The second-order valence-corrected chi connectivity index (χ2v) is 5.67. The second-order valence-electron chi connectivity index (χ2n) is 5.67. The van der Waals surface area contributed by atoms with Gasteiger partial charge in [-0.05, 0) is 44.9 Å². The largest absolute Gasteiger partial charge is 0.480 e. The molecule has 0 spiro atoms. The summed E-state index contributed by atoms with van der Waals surface area (Å²) < 4.78 is 0. The molecule has 2 rings (SSSR count). The number of benzene rings is 1. The fourth-order valence-electron chi connectivity index (χ4n) is 2.66. The van der Waals surface area contributed by atoms with Gasteiger partial charge in [0.25, 0.3) is 0 Å². The molecule has 0 fully saturated rings. The van der Waals surface area contributed by atoms with Crippen molar-refractivity contribution in [3.63, 3.8) is 0 Å². The highest BCUT2D eigenvalue weighted by Crippen LogP contribution is 2.38. The average Bonchev–Trinajstić information content (AvgIpc) is 2.57. The Morgan fingerprint density at radius 2 is 2.06 bits per heavy atom. The predicted octanol–water partition coefficient (Wildman–Crippen LogP) is 2.61. The summed E-state index contributed by atoms with van der Waals surface area (Å²) in [5.74, 6) is -0.740. The van der Waals surface area contributed by atoms with Crippen LogP contribution in [0, 0.1) is 6.92 Å². The molecule has 92 valence electrons. The van der Waals surface area contributed by atoms with Gasteiger partial charge in [0, 0.05) is 17.6 Å². The molecule has 0 radical (unpaired) electrons. The summed E-state index contributed by atoms with van der Waals surface area (Å²) in [6.45, 7) is 8.21. The molecule has 3 heteroatoms. The minimum absolute atomic E-state index is 0.178. The number of aryl methyl sites for hydroxylation is 1. The lowest BCUT2D eigenvalue weighted by molar-refractivity contribution is -0.138. The average molecular weight is 233 g/mol. The summed E-state index contributed by atoms with van der Waals surface area (Å²) in [6, 6.07) is 5.63. The van der Waals surface area contributed by atoms with Crippen molar-refractivity contribution < 1.29 is 9.90 Å². The van der Waals surface area contributed by atoms with Crippen molar-refractivity contribution in [3.8, 4) is 0 Å². The molecular formula is C14H19NO2. The smallest absolute Gasteiger partial charge is 0.326 e. The molecule has 0 saturated heterocycles. The molecule has 3 nitrogen and oxygen atoms in total. The number of fused-ring (bicyclic) bond motifs is 1. The van der Waals surface area contributed by atoms with Crippen molar-refractivity contribution in [2.45, 2.75) is 45.7 Å². The molecule has 0 amide bonds. The molecule has 1 atom stereocenters. The van der Waals surface area contributed by atoms with Gasteiger partial charge in [-0.1, -0.05) is 12.1 Å². The van der Waals surface area contributed by atoms with Gasteiger partial charge in [0.2, 0.25) is 0 Å². The Labute approximate surface area is 102 Å². The van der Waals surface area contributed by atoms with E-state index in [1.54, 1.807) is 0 Å². The topological polar surface area (TPSA) is 40.5 Å². The summed E-state index contributed by atoms with van der Waals surface area (Å²) >= 11 is 0. The Bertz CT molecular complexity index is 460. The summed E-state index contributed by atoms with van der Waals surface area (Å²) in [5, 5.41) is 9.37.